The summed E-state index contributed by atoms with van der Waals surface area (Å²) >= 11 is 0. The third kappa shape index (κ3) is 5.74. The number of halogens is 3. The lowest BCUT2D eigenvalue weighted by Crippen LogP contribution is -2.40. The molecule has 1 fully saturated rings. The number of carbonyl (C=O) groups is 1. The van der Waals surface area contributed by atoms with Crippen LogP contribution < -0.4 is 10.1 Å². The van der Waals surface area contributed by atoms with Gasteiger partial charge in [0.1, 0.15) is 5.75 Å². The van der Waals surface area contributed by atoms with E-state index in [9.17, 15) is 18.0 Å². The number of benzene rings is 1. The van der Waals surface area contributed by atoms with Crippen molar-refractivity contribution in [3.63, 3.8) is 0 Å². The van der Waals surface area contributed by atoms with Crippen molar-refractivity contribution in [2.45, 2.75) is 44.6 Å². The number of ether oxygens (including phenoxy) is 2. The van der Waals surface area contributed by atoms with Crippen molar-refractivity contribution in [2.75, 3.05) is 7.11 Å². The topological polar surface area (TPSA) is 47.6 Å². The van der Waals surface area contributed by atoms with Gasteiger partial charge >= 0.3 is 12.3 Å². The maximum atomic E-state index is 12.1. The van der Waals surface area contributed by atoms with E-state index in [1.165, 1.54) is 19.2 Å². The first-order valence-electron chi connectivity index (χ1n) is 7.52. The Kier molecular flexibility index (Phi) is 5.87. The minimum absolute atomic E-state index is 0.0299. The van der Waals surface area contributed by atoms with Crippen molar-refractivity contribution in [1.82, 2.24) is 5.32 Å². The molecule has 0 aliphatic heterocycles. The SMILES string of the molecule is COC(=O)CC(NCc1ccc(OC(F)(F)F)cc1)C1CCC1. The molecule has 1 aromatic carbocycles. The van der Waals surface area contributed by atoms with Crippen molar-refractivity contribution in [3.8, 4) is 5.75 Å². The molecule has 1 atom stereocenters. The number of nitrogens with one attached hydrogen (secondary N) is 1. The monoisotopic (exact) mass is 331 g/mol. The predicted molar refractivity (Wildman–Crippen MR) is 77.7 cm³/mol. The van der Waals surface area contributed by atoms with E-state index in [1.807, 2.05) is 0 Å². The maximum Gasteiger partial charge on any atom is 0.573 e. The van der Waals surface area contributed by atoms with Gasteiger partial charge in [-0.25, -0.2) is 0 Å². The Labute approximate surface area is 133 Å². The molecule has 4 nitrogen and oxygen atoms in total. The lowest BCUT2D eigenvalue weighted by atomic mass is 9.78. The van der Waals surface area contributed by atoms with Gasteiger partial charge in [-0.15, -0.1) is 13.2 Å². The molecule has 0 spiro atoms. The molecule has 1 aliphatic carbocycles. The summed E-state index contributed by atoms with van der Waals surface area (Å²) in [5, 5.41) is 3.31. The molecule has 0 radical (unpaired) electrons. The Hall–Kier alpha value is -1.76. The fraction of sp³-hybridized carbons (Fsp3) is 0.562. The van der Waals surface area contributed by atoms with Crippen LogP contribution in [0.5, 0.6) is 5.75 Å². The van der Waals surface area contributed by atoms with Crippen molar-refractivity contribution >= 4 is 5.97 Å². The van der Waals surface area contributed by atoms with Crippen molar-refractivity contribution < 1.29 is 27.4 Å². The summed E-state index contributed by atoms with van der Waals surface area (Å²) in [6.45, 7) is 0.477. The highest BCUT2D eigenvalue weighted by atomic mass is 19.4. The second-order valence-electron chi connectivity index (χ2n) is 5.65. The summed E-state index contributed by atoms with van der Waals surface area (Å²) in [7, 11) is 1.36. The van der Waals surface area contributed by atoms with Gasteiger partial charge in [-0.05, 0) is 36.5 Å². The molecule has 7 heteroatoms. The molecule has 128 valence electrons. The Balaban J connectivity index is 1.88. The molecule has 1 saturated carbocycles. The van der Waals surface area contributed by atoms with Crippen LogP contribution in [0.15, 0.2) is 24.3 Å². The zero-order valence-electron chi connectivity index (χ0n) is 12.9. The van der Waals surface area contributed by atoms with Crippen molar-refractivity contribution in [2.24, 2.45) is 5.92 Å². The lowest BCUT2D eigenvalue weighted by Gasteiger charge is -2.34. The van der Waals surface area contributed by atoms with Crippen LogP contribution >= 0.6 is 0 Å². The molecular formula is C16H20F3NO3. The van der Waals surface area contributed by atoms with E-state index < -0.39 is 6.36 Å². The zero-order valence-corrected chi connectivity index (χ0v) is 12.9. The van der Waals surface area contributed by atoms with Gasteiger partial charge in [0.15, 0.2) is 0 Å². The number of hydrogen-bond acceptors (Lipinski definition) is 4. The van der Waals surface area contributed by atoms with Crippen LogP contribution in [0.1, 0.15) is 31.2 Å². The molecule has 1 aromatic rings. The third-order valence-electron chi connectivity index (χ3n) is 4.06. The first kappa shape index (κ1) is 17.6. The average molecular weight is 331 g/mol. The van der Waals surface area contributed by atoms with Crippen LogP contribution in [0.3, 0.4) is 0 Å². The highest BCUT2D eigenvalue weighted by Gasteiger charge is 2.31. The Morgan fingerprint density at radius 3 is 2.43 bits per heavy atom. The van der Waals surface area contributed by atoms with Crippen LogP contribution in [0.2, 0.25) is 0 Å². The molecule has 1 unspecified atom stereocenters. The molecule has 23 heavy (non-hydrogen) atoms. The van der Waals surface area contributed by atoms with E-state index in [4.69, 9.17) is 4.74 Å². The van der Waals surface area contributed by atoms with Crippen molar-refractivity contribution in [1.29, 1.82) is 0 Å². The van der Waals surface area contributed by atoms with E-state index in [0.29, 0.717) is 18.9 Å². The number of carbonyl (C=O) groups excluding carboxylic acids is 1. The number of hydrogen-bond donors (Lipinski definition) is 1. The predicted octanol–water partition coefficient (Wildman–Crippen LogP) is 3.41. The highest BCUT2D eigenvalue weighted by molar-refractivity contribution is 5.70. The Morgan fingerprint density at radius 2 is 1.96 bits per heavy atom. The van der Waals surface area contributed by atoms with Gasteiger partial charge in [0.25, 0.3) is 0 Å². The van der Waals surface area contributed by atoms with E-state index in [2.05, 4.69) is 10.1 Å². The van der Waals surface area contributed by atoms with Gasteiger partial charge in [-0.2, -0.15) is 0 Å². The Morgan fingerprint density at radius 1 is 1.30 bits per heavy atom. The fourth-order valence-electron chi connectivity index (χ4n) is 2.57. The molecule has 1 aliphatic rings. The van der Waals surface area contributed by atoms with Gasteiger partial charge in [0.05, 0.1) is 13.5 Å². The van der Waals surface area contributed by atoms with Crippen LogP contribution in [-0.4, -0.2) is 25.5 Å². The van der Waals surface area contributed by atoms with Crippen LogP contribution in [0.25, 0.3) is 0 Å². The second kappa shape index (κ2) is 7.68. The molecule has 0 bridgehead atoms. The number of alkyl halides is 3. The van der Waals surface area contributed by atoms with E-state index in [0.717, 1.165) is 24.8 Å². The number of rotatable bonds is 7. The molecule has 2 rings (SSSR count). The highest BCUT2D eigenvalue weighted by Crippen LogP contribution is 2.31. The normalized spacial score (nSPS) is 16.5. The summed E-state index contributed by atoms with van der Waals surface area (Å²) in [6.07, 6.45) is -1.07. The lowest BCUT2D eigenvalue weighted by molar-refractivity contribution is -0.274. The smallest absolute Gasteiger partial charge is 0.469 e. The molecule has 0 aromatic heterocycles. The van der Waals surface area contributed by atoms with Gasteiger partial charge < -0.3 is 14.8 Å². The first-order chi connectivity index (χ1) is 10.9. The standard InChI is InChI=1S/C16H20F3NO3/c1-22-15(21)9-14(12-3-2-4-12)20-10-11-5-7-13(8-6-11)23-16(17,18)19/h5-8,12,14,20H,2-4,9-10H2,1H3. The Bertz CT molecular complexity index is 512. The molecular weight excluding hydrogens is 311 g/mol. The van der Waals surface area contributed by atoms with Gasteiger partial charge in [-0.1, -0.05) is 18.6 Å². The quantitative estimate of drug-likeness (QED) is 0.778. The van der Waals surface area contributed by atoms with Gasteiger partial charge in [0.2, 0.25) is 0 Å². The van der Waals surface area contributed by atoms with Gasteiger partial charge in [0, 0.05) is 12.6 Å². The fourth-order valence-corrected chi connectivity index (χ4v) is 2.57. The van der Waals surface area contributed by atoms with Crippen LogP contribution in [0, 0.1) is 5.92 Å². The summed E-state index contributed by atoms with van der Waals surface area (Å²) in [4.78, 5) is 11.5. The molecule has 0 saturated heterocycles. The number of methoxy groups -OCH3 is 1. The molecule has 0 amide bonds. The molecule has 0 heterocycles. The largest absolute Gasteiger partial charge is 0.573 e. The summed E-state index contributed by atoms with van der Waals surface area (Å²) < 4.78 is 44.9. The second-order valence-corrected chi connectivity index (χ2v) is 5.65. The van der Waals surface area contributed by atoms with E-state index in [1.54, 1.807) is 12.1 Å². The van der Waals surface area contributed by atoms with Gasteiger partial charge in [-0.3, -0.25) is 4.79 Å². The summed E-state index contributed by atoms with van der Waals surface area (Å²) in [5.41, 5.74) is 0.828. The minimum atomic E-state index is -4.68. The zero-order chi connectivity index (χ0) is 16.9. The number of esters is 1. The average Bonchev–Trinajstić information content (AvgIpc) is 2.42. The van der Waals surface area contributed by atoms with Crippen LogP contribution in [-0.2, 0) is 16.1 Å². The minimum Gasteiger partial charge on any atom is -0.469 e. The summed E-state index contributed by atoms with van der Waals surface area (Å²) in [5.74, 6) is -0.0587. The van der Waals surface area contributed by atoms with Crippen molar-refractivity contribution in [3.05, 3.63) is 29.8 Å². The maximum absolute atomic E-state index is 12.1. The van der Waals surface area contributed by atoms with Crippen LogP contribution in [0.4, 0.5) is 13.2 Å². The van der Waals surface area contributed by atoms with E-state index in [-0.39, 0.29) is 17.8 Å². The molecule has 1 N–H and O–H groups in total. The van der Waals surface area contributed by atoms with E-state index >= 15 is 0 Å². The first-order valence-corrected chi connectivity index (χ1v) is 7.52. The third-order valence-corrected chi connectivity index (χ3v) is 4.06. The summed E-state index contributed by atoms with van der Waals surface area (Å²) in [6, 6.07) is 5.74.